The van der Waals surface area contributed by atoms with Crippen molar-refractivity contribution < 1.29 is 23.9 Å². The van der Waals surface area contributed by atoms with Gasteiger partial charge in [0, 0.05) is 11.6 Å². The Morgan fingerprint density at radius 2 is 1.81 bits per heavy atom. The molecule has 0 saturated heterocycles. The summed E-state index contributed by atoms with van der Waals surface area (Å²) in [6, 6.07) is 6.64. The molecule has 0 spiro atoms. The summed E-state index contributed by atoms with van der Waals surface area (Å²) in [5.41, 5.74) is 0.571. The number of ether oxygens (including phenoxy) is 2. The molecule has 2 rings (SSSR count). The van der Waals surface area contributed by atoms with Crippen molar-refractivity contribution in [3.05, 3.63) is 29.8 Å². The van der Waals surface area contributed by atoms with Crippen molar-refractivity contribution in [2.24, 2.45) is 5.92 Å². The lowest BCUT2D eigenvalue weighted by Gasteiger charge is -2.30. The second kappa shape index (κ2) is 9.36. The van der Waals surface area contributed by atoms with E-state index in [2.05, 4.69) is 12.2 Å². The molecule has 26 heavy (non-hydrogen) atoms. The molecule has 1 fully saturated rings. The van der Waals surface area contributed by atoms with Gasteiger partial charge in [0.05, 0.1) is 0 Å². The van der Waals surface area contributed by atoms with E-state index in [1.54, 1.807) is 31.2 Å². The van der Waals surface area contributed by atoms with E-state index in [4.69, 9.17) is 9.47 Å². The quantitative estimate of drug-likeness (QED) is 0.596. The molecular weight excluding hydrogens is 334 g/mol. The van der Waals surface area contributed by atoms with Gasteiger partial charge in [-0.15, -0.1) is 0 Å². The van der Waals surface area contributed by atoms with Crippen molar-refractivity contribution in [2.75, 3.05) is 6.61 Å². The van der Waals surface area contributed by atoms with Gasteiger partial charge in [-0.2, -0.15) is 0 Å². The minimum absolute atomic E-state index is 0.0388. The first-order valence-corrected chi connectivity index (χ1v) is 9.10. The SMILES string of the molecule is CC(=O)c1ccc(OCC(=O)O[C@H](C)C(=O)N[C@@H]2CCCC[C@@H]2C)cc1. The summed E-state index contributed by atoms with van der Waals surface area (Å²) < 4.78 is 10.5. The van der Waals surface area contributed by atoms with E-state index in [9.17, 15) is 14.4 Å². The predicted octanol–water partition coefficient (Wildman–Crippen LogP) is 2.89. The summed E-state index contributed by atoms with van der Waals surface area (Å²) in [7, 11) is 0. The molecule has 1 aromatic rings. The number of ketones is 1. The molecule has 6 heteroatoms. The number of hydrogen-bond donors (Lipinski definition) is 1. The number of rotatable bonds is 7. The van der Waals surface area contributed by atoms with Gasteiger partial charge in [-0.1, -0.05) is 19.8 Å². The largest absolute Gasteiger partial charge is 0.482 e. The van der Waals surface area contributed by atoms with E-state index in [1.807, 2.05) is 0 Å². The number of esters is 1. The molecule has 0 radical (unpaired) electrons. The van der Waals surface area contributed by atoms with Crippen LogP contribution in [0.2, 0.25) is 0 Å². The Balaban J connectivity index is 1.75. The monoisotopic (exact) mass is 361 g/mol. The van der Waals surface area contributed by atoms with Crippen LogP contribution in [-0.2, 0) is 14.3 Å². The lowest BCUT2D eigenvalue weighted by Crippen LogP contribution is -2.46. The average molecular weight is 361 g/mol. The first-order valence-electron chi connectivity index (χ1n) is 9.10. The van der Waals surface area contributed by atoms with E-state index in [-0.39, 0.29) is 24.3 Å². The number of Topliss-reactive ketones (excluding diaryl/α,β-unsaturated/α-hetero) is 1. The van der Waals surface area contributed by atoms with Crippen LogP contribution in [0.3, 0.4) is 0 Å². The first kappa shape index (κ1) is 19.9. The standard InChI is InChI=1S/C20H27NO5/c1-13-6-4-5-7-18(13)21-20(24)15(3)26-19(23)12-25-17-10-8-16(9-11-17)14(2)22/h8-11,13,15,18H,4-7,12H2,1-3H3,(H,21,24)/t13-,15+,18+/m0/s1. The fourth-order valence-corrected chi connectivity index (χ4v) is 3.04. The Hall–Kier alpha value is -2.37. The lowest BCUT2D eigenvalue weighted by atomic mass is 9.86. The van der Waals surface area contributed by atoms with Crippen LogP contribution in [0, 0.1) is 5.92 Å². The highest BCUT2D eigenvalue weighted by molar-refractivity contribution is 5.94. The minimum atomic E-state index is -0.861. The Morgan fingerprint density at radius 3 is 2.42 bits per heavy atom. The fraction of sp³-hybridized carbons (Fsp3) is 0.550. The Kier molecular flexibility index (Phi) is 7.18. The van der Waals surface area contributed by atoms with Crippen LogP contribution >= 0.6 is 0 Å². The van der Waals surface area contributed by atoms with Crippen LogP contribution in [-0.4, -0.2) is 36.4 Å². The zero-order chi connectivity index (χ0) is 19.1. The van der Waals surface area contributed by atoms with Gasteiger partial charge in [0.1, 0.15) is 5.75 Å². The summed E-state index contributed by atoms with van der Waals surface area (Å²) in [6.45, 7) is 4.87. The topological polar surface area (TPSA) is 81.7 Å². The van der Waals surface area contributed by atoms with Gasteiger partial charge in [0.25, 0.3) is 5.91 Å². The molecule has 1 aliphatic rings. The summed E-state index contributed by atoms with van der Waals surface area (Å²) >= 11 is 0. The Bertz CT molecular complexity index is 640. The van der Waals surface area contributed by atoms with Crippen LogP contribution in [0.4, 0.5) is 0 Å². The number of amides is 1. The van der Waals surface area contributed by atoms with E-state index < -0.39 is 12.1 Å². The molecule has 1 aliphatic carbocycles. The third kappa shape index (κ3) is 5.86. The van der Waals surface area contributed by atoms with Gasteiger partial charge >= 0.3 is 5.97 Å². The van der Waals surface area contributed by atoms with E-state index >= 15 is 0 Å². The van der Waals surface area contributed by atoms with Gasteiger partial charge in [0.2, 0.25) is 0 Å². The van der Waals surface area contributed by atoms with Crippen molar-refractivity contribution in [3.8, 4) is 5.75 Å². The second-order valence-electron chi connectivity index (χ2n) is 6.88. The molecule has 0 aliphatic heterocycles. The third-order valence-electron chi connectivity index (χ3n) is 4.73. The highest BCUT2D eigenvalue weighted by atomic mass is 16.6. The Labute approximate surface area is 154 Å². The van der Waals surface area contributed by atoms with Crippen molar-refractivity contribution >= 4 is 17.7 Å². The number of carbonyl (C=O) groups is 3. The van der Waals surface area contributed by atoms with Crippen molar-refractivity contribution in [1.29, 1.82) is 0 Å². The molecule has 1 aromatic carbocycles. The summed E-state index contributed by atoms with van der Waals surface area (Å²) in [4.78, 5) is 35.3. The molecule has 142 valence electrons. The van der Waals surface area contributed by atoms with Crippen molar-refractivity contribution in [1.82, 2.24) is 5.32 Å². The zero-order valence-corrected chi connectivity index (χ0v) is 15.6. The maximum Gasteiger partial charge on any atom is 0.344 e. The van der Waals surface area contributed by atoms with Gasteiger partial charge in [-0.05, 0) is 56.9 Å². The van der Waals surface area contributed by atoms with Crippen molar-refractivity contribution in [3.63, 3.8) is 0 Å². The number of hydrogen-bond acceptors (Lipinski definition) is 5. The van der Waals surface area contributed by atoms with E-state index in [0.29, 0.717) is 17.2 Å². The third-order valence-corrected chi connectivity index (χ3v) is 4.73. The first-order chi connectivity index (χ1) is 12.4. The van der Waals surface area contributed by atoms with Crippen LogP contribution in [0.5, 0.6) is 5.75 Å². The Morgan fingerprint density at radius 1 is 1.15 bits per heavy atom. The molecular formula is C20H27NO5. The van der Waals surface area contributed by atoms with E-state index in [0.717, 1.165) is 19.3 Å². The van der Waals surface area contributed by atoms with Gasteiger partial charge in [-0.3, -0.25) is 9.59 Å². The number of nitrogens with one attached hydrogen (secondary N) is 1. The molecule has 1 saturated carbocycles. The van der Waals surface area contributed by atoms with Crippen LogP contribution in [0.15, 0.2) is 24.3 Å². The maximum atomic E-state index is 12.2. The predicted molar refractivity (Wildman–Crippen MR) is 97.1 cm³/mol. The van der Waals surface area contributed by atoms with Crippen LogP contribution < -0.4 is 10.1 Å². The zero-order valence-electron chi connectivity index (χ0n) is 15.6. The molecule has 6 nitrogen and oxygen atoms in total. The summed E-state index contributed by atoms with van der Waals surface area (Å²) in [6.07, 6.45) is 3.52. The van der Waals surface area contributed by atoms with Gasteiger partial charge in [-0.25, -0.2) is 4.79 Å². The average Bonchev–Trinajstić information content (AvgIpc) is 2.62. The number of benzene rings is 1. The van der Waals surface area contributed by atoms with Crippen LogP contribution in [0.1, 0.15) is 56.8 Å². The smallest absolute Gasteiger partial charge is 0.344 e. The van der Waals surface area contributed by atoms with Crippen molar-refractivity contribution in [2.45, 2.75) is 58.6 Å². The molecule has 0 heterocycles. The summed E-state index contributed by atoms with van der Waals surface area (Å²) in [5, 5.41) is 2.98. The highest BCUT2D eigenvalue weighted by Gasteiger charge is 2.26. The molecule has 0 unspecified atom stereocenters. The molecule has 3 atom stereocenters. The molecule has 0 bridgehead atoms. The van der Waals surface area contributed by atoms with Gasteiger partial charge in [0.15, 0.2) is 18.5 Å². The molecule has 0 aromatic heterocycles. The summed E-state index contributed by atoms with van der Waals surface area (Å²) in [5.74, 6) is -0.0250. The molecule has 1 amide bonds. The van der Waals surface area contributed by atoms with Crippen LogP contribution in [0.25, 0.3) is 0 Å². The highest BCUT2D eigenvalue weighted by Crippen LogP contribution is 2.23. The normalized spacial score (nSPS) is 20.7. The van der Waals surface area contributed by atoms with E-state index in [1.165, 1.54) is 13.3 Å². The lowest BCUT2D eigenvalue weighted by molar-refractivity contribution is -0.157. The molecule has 1 N–H and O–H groups in total. The maximum absolute atomic E-state index is 12.2. The second-order valence-corrected chi connectivity index (χ2v) is 6.88. The fourth-order valence-electron chi connectivity index (χ4n) is 3.04. The minimum Gasteiger partial charge on any atom is -0.482 e. The van der Waals surface area contributed by atoms with Gasteiger partial charge < -0.3 is 14.8 Å². The number of carbonyl (C=O) groups excluding carboxylic acids is 3.